The van der Waals surface area contributed by atoms with E-state index in [1.165, 1.54) is 25.1 Å². The van der Waals surface area contributed by atoms with E-state index >= 15 is 0 Å². The highest BCUT2D eigenvalue weighted by Gasteiger charge is 2.39. The molecule has 0 aliphatic carbocycles. The van der Waals surface area contributed by atoms with Crippen LogP contribution in [0.3, 0.4) is 0 Å². The lowest BCUT2D eigenvalue weighted by atomic mass is 9.97. The average Bonchev–Trinajstić information content (AvgIpc) is 2.74. The van der Waals surface area contributed by atoms with Crippen LogP contribution in [0.15, 0.2) is 36.4 Å². The number of amides is 2. The van der Waals surface area contributed by atoms with Gasteiger partial charge < -0.3 is 10.6 Å². The van der Waals surface area contributed by atoms with Crippen LogP contribution in [0.1, 0.15) is 47.2 Å². The quantitative estimate of drug-likeness (QED) is 0.180. The van der Waals surface area contributed by atoms with Gasteiger partial charge in [-0.15, -0.1) is 0 Å². The van der Waals surface area contributed by atoms with Crippen LogP contribution in [0.2, 0.25) is 20.1 Å². The number of rotatable bonds is 8. The Morgan fingerprint density at radius 1 is 0.919 bits per heavy atom. The van der Waals surface area contributed by atoms with Crippen molar-refractivity contribution in [3.05, 3.63) is 73.2 Å². The van der Waals surface area contributed by atoms with Gasteiger partial charge in [0.15, 0.2) is 0 Å². The van der Waals surface area contributed by atoms with Crippen molar-refractivity contribution in [3.8, 4) is 0 Å². The van der Waals surface area contributed by atoms with Crippen molar-refractivity contribution in [1.82, 2.24) is 10.6 Å². The molecule has 2 atom stereocenters. The zero-order valence-corrected chi connectivity index (χ0v) is 21.7. The summed E-state index contributed by atoms with van der Waals surface area (Å²) >= 11 is 23.7. The van der Waals surface area contributed by atoms with Gasteiger partial charge in [-0.3, -0.25) is 9.59 Å². The normalized spacial score (nSPS) is 13.9. The van der Waals surface area contributed by atoms with Crippen LogP contribution >= 0.6 is 46.4 Å². The Hall–Kier alpha value is -2.14. The van der Waals surface area contributed by atoms with Gasteiger partial charge in [0.1, 0.15) is 0 Å². The maximum Gasteiger partial charge on any atom is 0.399 e. The van der Waals surface area contributed by atoms with Crippen molar-refractivity contribution in [1.29, 1.82) is 0 Å². The molecule has 2 aromatic rings. The van der Waals surface area contributed by atoms with Gasteiger partial charge in [0.05, 0.1) is 44.2 Å². The van der Waals surface area contributed by atoms with E-state index in [0.29, 0.717) is 0 Å². The van der Waals surface area contributed by atoms with Gasteiger partial charge in [-0.1, -0.05) is 64.6 Å². The lowest BCUT2D eigenvalue weighted by Gasteiger charge is -2.18. The Morgan fingerprint density at radius 2 is 1.51 bits per heavy atom. The van der Waals surface area contributed by atoms with Crippen LogP contribution in [0.4, 0.5) is 26.3 Å². The first-order chi connectivity index (χ1) is 17.0. The molecule has 0 saturated heterocycles. The Morgan fingerprint density at radius 3 is 2.03 bits per heavy atom. The molecule has 2 amide bonds. The highest BCUT2D eigenvalue weighted by Crippen LogP contribution is 2.41. The number of carbonyl (C=O) groups is 2. The Bertz CT molecular complexity index is 1160. The molecule has 202 valence electrons. The minimum absolute atomic E-state index is 0.0705. The molecule has 0 radical (unpaired) electrons. The SMILES string of the molecule is C[C@H](NC(=O)CCC(F)(F)F)NC(=O)c1ccc(/C=C/C(c2cc(Cl)c(Cl)c(Cl)c2)C(F)(F)F)cc1Cl. The third kappa shape index (κ3) is 9.59. The van der Waals surface area contributed by atoms with Gasteiger partial charge in [-0.05, 0) is 42.3 Å². The van der Waals surface area contributed by atoms with Crippen LogP contribution in [0.5, 0.6) is 0 Å². The van der Waals surface area contributed by atoms with E-state index in [9.17, 15) is 35.9 Å². The molecule has 4 nitrogen and oxygen atoms in total. The fraction of sp³-hybridized carbons (Fsp3) is 0.304. The van der Waals surface area contributed by atoms with Crippen molar-refractivity contribution in [2.75, 3.05) is 0 Å². The molecule has 0 aliphatic rings. The maximum atomic E-state index is 13.7. The maximum absolute atomic E-state index is 13.7. The van der Waals surface area contributed by atoms with Crippen molar-refractivity contribution in [2.24, 2.45) is 0 Å². The number of alkyl halides is 6. The number of hydrogen-bond acceptors (Lipinski definition) is 2. The Kier molecular flexibility index (Phi) is 10.6. The zero-order chi connectivity index (χ0) is 28.1. The zero-order valence-electron chi connectivity index (χ0n) is 18.7. The van der Waals surface area contributed by atoms with E-state index in [4.69, 9.17) is 46.4 Å². The summed E-state index contributed by atoms with van der Waals surface area (Å²) in [6, 6.07) is 5.94. The van der Waals surface area contributed by atoms with Crippen molar-refractivity contribution >= 4 is 64.3 Å². The highest BCUT2D eigenvalue weighted by molar-refractivity contribution is 6.48. The van der Waals surface area contributed by atoms with Crippen LogP contribution in [0, 0.1) is 0 Å². The predicted molar refractivity (Wildman–Crippen MR) is 131 cm³/mol. The van der Waals surface area contributed by atoms with Gasteiger partial charge >= 0.3 is 12.4 Å². The second-order valence-electron chi connectivity index (χ2n) is 7.79. The van der Waals surface area contributed by atoms with Gasteiger partial charge in [-0.25, -0.2) is 0 Å². The highest BCUT2D eigenvalue weighted by atomic mass is 35.5. The number of allylic oxidation sites excluding steroid dienone is 1. The second-order valence-corrected chi connectivity index (χ2v) is 9.39. The molecular weight excluding hydrogens is 592 g/mol. The van der Waals surface area contributed by atoms with Crippen LogP contribution in [-0.2, 0) is 4.79 Å². The topological polar surface area (TPSA) is 58.2 Å². The minimum atomic E-state index is -4.69. The van der Waals surface area contributed by atoms with Crippen LogP contribution in [0.25, 0.3) is 6.08 Å². The van der Waals surface area contributed by atoms with Crippen LogP contribution in [-0.4, -0.2) is 30.3 Å². The first kappa shape index (κ1) is 31.1. The molecule has 14 heteroatoms. The molecule has 0 spiro atoms. The summed E-state index contributed by atoms with van der Waals surface area (Å²) in [4.78, 5) is 24.0. The average molecular weight is 610 g/mol. The third-order valence-corrected chi connectivity index (χ3v) is 6.31. The lowest BCUT2D eigenvalue weighted by molar-refractivity contribution is -0.144. The number of hydrogen-bond donors (Lipinski definition) is 2. The summed E-state index contributed by atoms with van der Waals surface area (Å²) in [5.74, 6) is -3.76. The molecule has 0 fully saturated rings. The third-order valence-electron chi connectivity index (χ3n) is 4.80. The van der Waals surface area contributed by atoms with E-state index in [-0.39, 0.29) is 36.8 Å². The standard InChI is InChI=1S/C23H18Cl4F6N2O2/c1-11(34-19(36)6-7-22(28,29)30)35-21(37)14-4-2-12(8-16(14)24)3-5-15(23(31,32)33)13-9-17(25)20(27)18(26)10-13/h2-5,8-11,15H,6-7H2,1H3,(H,34,36)(H,35,37)/b5-3+/t11-,15?/m1/s1. The summed E-state index contributed by atoms with van der Waals surface area (Å²) in [7, 11) is 0. The monoisotopic (exact) mass is 608 g/mol. The summed E-state index contributed by atoms with van der Waals surface area (Å²) < 4.78 is 77.8. The molecule has 0 aromatic heterocycles. The van der Waals surface area contributed by atoms with Gasteiger partial charge in [0.2, 0.25) is 5.91 Å². The fourth-order valence-corrected chi connectivity index (χ4v) is 3.96. The number of benzene rings is 2. The molecule has 37 heavy (non-hydrogen) atoms. The molecule has 0 saturated carbocycles. The van der Waals surface area contributed by atoms with Gasteiger partial charge in [-0.2, -0.15) is 26.3 Å². The number of carbonyl (C=O) groups excluding carboxylic acids is 2. The molecule has 1 unspecified atom stereocenters. The first-order valence-corrected chi connectivity index (χ1v) is 11.8. The van der Waals surface area contributed by atoms with E-state index < -0.39 is 49.1 Å². The predicted octanol–water partition coefficient (Wildman–Crippen LogP) is 8.19. The number of nitrogens with one attached hydrogen (secondary N) is 2. The Balaban J connectivity index is 2.13. The second kappa shape index (κ2) is 12.6. The number of halogens is 10. The summed E-state index contributed by atoms with van der Waals surface area (Å²) in [6.07, 6.45) is -10.3. The van der Waals surface area contributed by atoms with Crippen molar-refractivity contribution < 1.29 is 35.9 Å². The molecule has 2 N–H and O–H groups in total. The molecule has 2 rings (SSSR count). The molecule has 0 aliphatic heterocycles. The van der Waals surface area contributed by atoms with E-state index in [1.807, 2.05) is 0 Å². The van der Waals surface area contributed by atoms with Gasteiger partial charge in [0.25, 0.3) is 5.91 Å². The van der Waals surface area contributed by atoms with E-state index in [0.717, 1.165) is 24.3 Å². The lowest BCUT2D eigenvalue weighted by Crippen LogP contribution is -2.46. The van der Waals surface area contributed by atoms with Crippen molar-refractivity contribution in [3.63, 3.8) is 0 Å². The van der Waals surface area contributed by atoms with E-state index in [2.05, 4.69) is 10.6 Å². The first-order valence-electron chi connectivity index (χ1n) is 10.3. The van der Waals surface area contributed by atoms with E-state index in [1.54, 1.807) is 0 Å². The molecule has 0 bridgehead atoms. The fourth-order valence-electron chi connectivity index (χ4n) is 3.07. The molecule has 0 heterocycles. The molecular formula is C23H18Cl4F6N2O2. The summed E-state index contributed by atoms with van der Waals surface area (Å²) in [5, 5.41) is 4.08. The largest absolute Gasteiger partial charge is 0.399 e. The van der Waals surface area contributed by atoms with Crippen LogP contribution < -0.4 is 10.6 Å². The summed E-state index contributed by atoms with van der Waals surface area (Å²) in [5.41, 5.74) is -0.0779. The van der Waals surface area contributed by atoms with Crippen molar-refractivity contribution in [2.45, 2.75) is 44.2 Å². The Labute approximate surface area is 227 Å². The smallest absolute Gasteiger partial charge is 0.336 e. The van der Waals surface area contributed by atoms with Gasteiger partial charge in [0, 0.05) is 6.42 Å². The molecule has 2 aromatic carbocycles. The minimum Gasteiger partial charge on any atom is -0.336 e. The summed E-state index contributed by atoms with van der Waals surface area (Å²) in [6.45, 7) is 1.33.